The Morgan fingerprint density at radius 1 is 1.65 bits per heavy atom. The van der Waals surface area contributed by atoms with Crippen LogP contribution >= 0.6 is 0 Å². The van der Waals surface area contributed by atoms with Crippen LogP contribution in [0.1, 0.15) is 22.8 Å². The van der Waals surface area contributed by atoms with Gasteiger partial charge in [-0.15, -0.1) is 0 Å². The van der Waals surface area contributed by atoms with Gasteiger partial charge in [-0.2, -0.15) is 5.26 Å². The van der Waals surface area contributed by atoms with E-state index in [1.54, 1.807) is 13.0 Å². The Bertz CT molecular complexity index is 518. The summed E-state index contributed by atoms with van der Waals surface area (Å²) in [5, 5.41) is 28.9. The first-order valence-electron chi connectivity index (χ1n) is 4.60. The topological polar surface area (TPSA) is 113 Å². The molecule has 88 valence electrons. The zero-order chi connectivity index (χ0) is 13.0. The first-order valence-corrected chi connectivity index (χ1v) is 4.60. The Kier molecular flexibility index (Phi) is 3.62. The minimum absolute atomic E-state index is 0.0336. The molecule has 7 heteroatoms. The molecular weight excluding hydrogens is 228 g/mol. The quantitative estimate of drug-likeness (QED) is 0.481. The van der Waals surface area contributed by atoms with Crippen LogP contribution in [0.3, 0.4) is 0 Å². The molecule has 1 rings (SSSR count). The number of nitriles is 1. The molecule has 0 radical (unpaired) electrons. The van der Waals surface area contributed by atoms with E-state index in [2.05, 4.69) is 4.74 Å². The van der Waals surface area contributed by atoms with Crippen molar-refractivity contribution in [3.63, 3.8) is 0 Å². The van der Waals surface area contributed by atoms with Crippen LogP contribution in [0.5, 0.6) is 5.75 Å². The summed E-state index contributed by atoms with van der Waals surface area (Å²) in [7, 11) is 0. The van der Waals surface area contributed by atoms with Crippen molar-refractivity contribution in [3.8, 4) is 11.8 Å². The summed E-state index contributed by atoms with van der Waals surface area (Å²) in [6, 6.07) is 3.70. The Balaban J connectivity index is 3.44. The van der Waals surface area contributed by atoms with E-state index in [-0.39, 0.29) is 12.2 Å². The number of benzene rings is 1. The number of nitro groups is 1. The van der Waals surface area contributed by atoms with E-state index >= 15 is 0 Å². The maximum Gasteiger partial charge on any atom is 0.343 e. The molecule has 0 saturated heterocycles. The predicted molar refractivity (Wildman–Crippen MR) is 55.4 cm³/mol. The molecule has 0 saturated carbocycles. The smallest absolute Gasteiger partial charge is 0.343 e. The van der Waals surface area contributed by atoms with E-state index in [1.165, 1.54) is 0 Å². The van der Waals surface area contributed by atoms with Gasteiger partial charge in [0.15, 0.2) is 0 Å². The summed E-state index contributed by atoms with van der Waals surface area (Å²) >= 11 is 0. The maximum absolute atomic E-state index is 11.5. The number of rotatable bonds is 3. The van der Waals surface area contributed by atoms with Crippen LogP contribution in [0.15, 0.2) is 12.1 Å². The van der Waals surface area contributed by atoms with Gasteiger partial charge in [0.25, 0.3) is 0 Å². The monoisotopic (exact) mass is 236 g/mol. The lowest BCUT2D eigenvalue weighted by Gasteiger charge is -2.06. The Labute approximate surface area is 96.0 Å². The average Bonchev–Trinajstić information content (AvgIpc) is 2.27. The third-order valence-corrected chi connectivity index (χ3v) is 1.95. The molecule has 0 unspecified atom stereocenters. The largest absolute Gasteiger partial charge is 0.501 e. The molecule has 1 N–H and O–H groups in total. The number of carbonyl (C=O) groups is 1. The third-order valence-electron chi connectivity index (χ3n) is 1.95. The van der Waals surface area contributed by atoms with Crippen LogP contribution in [0.4, 0.5) is 5.69 Å². The first kappa shape index (κ1) is 12.4. The van der Waals surface area contributed by atoms with Crippen molar-refractivity contribution in [2.24, 2.45) is 0 Å². The van der Waals surface area contributed by atoms with Crippen molar-refractivity contribution in [3.05, 3.63) is 33.4 Å². The number of phenolic OH excluding ortho intramolecular Hbond substituents is 1. The molecular formula is C10H8N2O5. The van der Waals surface area contributed by atoms with Crippen LogP contribution in [0.2, 0.25) is 0 Å². The highest BCUT2D eigenvalue weighted by molar-refractivity contribution is 5.96. The fourth-order valence-corrected chi connectivity index (χ4v) is 1.23. The summed E-state index contributed by atoms with van der Waals surface area (Å²) in [5.41, 5.74) is -1.30. The zero-order valence-corrected chi connectivity index (χ0v) is 8.84. The summed E-state index contributed by atoms with van der Waals surface area (Å²) < 4.78 is 4.61. The van der Waals surface area contributed by atoms with E-state index in [4.69, 9.17) is 5.26 Å². The number of nitro benzene ring substituents is 1. The Morgan fingerprint density at radius 2 is 2.29 bits per heavy atom. The number of phenols is 1. The molecule has 0 heterocycles. The summed E-state index contributed by atoms with van der Waals surface area (Å²) in [6.45, 7) is 1.57. The van der Waals surface area contributed by atoms with E-state index in [0.29, 0.717) is 0 Å². The number of aromatic hydroxyl groups is 1. The highest BCUT2D eigenvalue weighted by Crippen LogP contribution is 2.32. The van der Waals surface area contributed by atoms with Gasteiger partial charge in [0, 0.05) is 6.07 Å². The van der Waals surface area contributed by atoms with Crippen molar-refractivity contribution in [1.29, 1.82) is 5.26 Å². The van der Waals surface area contributed by atoms with Crippen molar-refractivity contribution in [2.75, 3.05) is 6.61 Å². The van der Waals surface area contributed by atoms with Gasteiger partial charge in [0.1, 0.15) is 11.6 Å². The summed E-state index contributed by atoms with van der Waals surface area (Å²) in [5.74, 6) is -1.82. The van der Waals surface area contributed by atoms with Crippen molar-refractivity contribution in [2.45, 2.75) is 6.92 Å². The minimum Gasteiger partial charge on any atom is -0.501 e. The van der Waals surface area contributed by atoms with Crippen LogP contribution in [0, 0.1) is 21.4 Å². The molecule has 0 spiro atoms. The molecule has 1 aromatic rings. The molecule has 7 nitrogen and oxygen atoms in total. The molecule has 17 heavy (non-hydrogen) atoms. The van der Waals surface area contributed by atoms with Gasteiger partial charge < -0.3 is 9.84 Å². The normalized spacial score (nSPS) is 9.41. The molecule has 0 aliphatic heterocycles. The highest BCUT2D eigenvalue weighted by atomic mass is 16.6. The molecule has 1 aromatic carbocycles. The fraction of sp³-hybridized carbons (Fsp3) is 0.200. The van der Waals surface area contributed by atoms with Gasteiger partial charge in [-0.1, -0.05) is 0 Å². The summed E-state index contributed by atoms with van der Waals surface area (Å²) in [4.78, 5) is 21.2. The average molecular weight is 236 g/mol. The molecule has 0 amide bonds. The summed E-state index contributed by atoms with van der Waals surface area (Å²) in [6.07, 6.45) is 0. The van der Waals surface area contributed by atoms with Gasteiger partial charge in [0.05, 0.1) is 17.1 Å². The number of hydrogen-bond donors (Lipinski definition) is 1. The minimum atomic E-state index is -0.967. The lowest BCUT2D eigenvalue weighted by molar-refractivity contribution is -0.385. The SMILES string of the molecule is CCOC(=O)c1c(C#N)ccc([N+](=O)[O-])c1O. The standard InChI is InChI=1S/C10H8N2O5/c1-2-17-10(14)8-6(5-11)3-4-7(9(8)13)12(15)16/h3-4,13H,2H2,1H3. The molecule has 0 atom stereocenters. The van der Waals surface area contributed by atoms with Crippen LogP contribution in [0.25, 0.3) is 0 Å². The number of carbonyl (C=O) groups excluding carboxylic acids is 1. The second-order valence-corrected chi connectivity index (χ2v) is 2.95. The van der Waals surface area contributed by atoms with Gasteiger partial charge >= 0.3 is 11.7 Å². The van der Waals surface area contributed by atoms with E-state index in [1.807, 2.05) is 0 Å². The number of ether oxygens (including phenoxy) is 1. The van der Waals surface area contributed by atoms with Crippen molar-refractivity contribution < 1.29 is 19.6 Å². The van der Waals surface area contributed by atoms with Gasteiger partial charge in [-0.05, 0) is 13.0 Å². The molecule has 0 aliphatic rings. The zero-order valence-electron chi connectivity index (χ0n) is 8.84. The van der Waals surface area contributed by atoms with Gasteiger partial charge in [-0.3, -0.25) is 10.1 Å². The van der Waals surface area contributed by atoms with Crippen LogP contribution in [-0.2, 0) is 4.74 Å². The van der Waals surface area contributed by atoms with Gasteiger partial charge in [-0.25, -0.2) is 4.79 Å². The Morgan fingerprint density at radius 3 is 2.76 bits per heavy atom. The number of nitrogens with zero attached hydrogens (tertiary/aromatic N) is 2. The highest BCUT2D eigenvalue weighted by Gasteiger charge is 2.25. The van der Waals surface area contributed by atoms with Crippen molar-refractivity contribution >= 4 is 11.7 Å². The van der Waals surface area contributed by atoms with E-state index < -0.39 is 27.9 Å². The fourth-order valence-electron chi connectivity index (χ4n) is 1.23. The maximum atomic E-state index is 11.5. The molecule has 0 bridgehead atoms. The second kappa shape index (κ2) is 4.94. The third kappa shape index (κ3) is 2.31. The second-order valence-electron chi connectivity index (χ2n) is 2.95. The van der Waals surface area contributed by atoms with E-state index in [9.17, 15) is 20.0 Å². The molecule has 0 aromatic heterocycles. The number of esters is 1. The lowest BCUT2D eigenvalue weighted by atomic mass is 10.1. The number of hydrogen-bond acceptors (Lipinski definition) is 6. The predicted octanol–water partition coefficient (Wildman–Crippen LogP) is 1.35. The molecule has 0 fully saturated rings. The van der Waals surface area contributed by atoms with E-state index in [0.717, 1.165) is 12.1 Å². The van der Waals surface area contributed by atoms with Crippen LogP contribution < -0.4 is 0 Å². The first-order chi connectivity index (χ1) is 8.02. The van der Waals surface area contributed by atoms with Gasteiger partial charge in [0.2, 0.25) is 5.75 Å². The van der Waals surface area contributed by atoms with Crippen LogP contribution in [-0.4, -0.2) is 22.6 Å². The molecule has 0 aliphatic carbocycles. The Hall–Kier alpha value is -2.62. The lowest BCUT2D eigenvalue weighted by Crippen LogP contribution is -2.08. The van der Waals surface area contributed by atoms with Crippen molar-refractivity contribution in [1.82, 2.24) is 0 Å².